The summed E-state index contributed by atoms with van der Waals surface area (Å²) in [4.78, 5) is 1.28. The molecule has 0 fully saturated rings. The number of nitrogens with one attached hydrogen (secondary N) is 1. The van der Waals surface area contributed by atoms with E-state index in [9.17, 15) is 0 Å². The Morgan fingerprint density at radius 1 is 1.47 bits per heavy atom. The molecule has 0 aliphatic heterocycles. The standard InChI is InChI=1S/C14H20N2S/c1-4-16-14(3,11-15)8-9-17-13-7-5-6-12(2)10-13/h5-7,10,16H,4,8-9H2,1-3H3. The molecule has 2 nitrogen and oxygen atoms in total. The minimum Gasteiger partial charge on any atom is -0.300 e. The SMILES string of the molecule is CCNC(C)(C#N)CCSc1cccc(C)c1. The van der Waals surface area contributed by atoms with Crippen molar-refractivity contribution in [3.8, 4) is 6.07 Å². The number of rotatable bonds is 6. The number of hydrogen-bond donors (Lipinski definition) is 1. The van der Waals surface area contributed by atoms with Crippen LogP contribution in [-0.4, -0.2) is 17.8 Å². The summed E-state index contributed by atoms with van der Waals surface area (Å²) >= 11 is 1.81. The Balaban J connectivity index is 2.44. The first-order chi connectivity index (χ1) is 8.09. The summed E-state index contributed by atoms with van der Waals surface area (Å²) < 4.78 is 0. The predicted molar refractivity (Wildman–Crippen MR) is 74.2 cm³/mol. The molecule has 0 aliphatic rings. The van der Waals surface area contributed by atoms with Crippen LogP contribution in [0, 0.1) is 18.3 Å². The second-order valence-corrected chi connectivity index (χ2v) is 5.56. The Hall–Kier alpha value is -0.980. The molecule has 1 N–H and O–H groups in total. The van der Waals surface area contributed by atoms with E-state index in [0.717, 1.165) is 18.7 Å². The summed E-state index contributed by atoms with van der Waals surface area (Å²) in [5.74, 6) is 0.959. The molecular weight excluding hydrogens is 228 g/mol. The van der Waals surface area contributed by atoms with Crippen LogP contribution in [0.1, 0.15) is 25.8 Å². The van der Waals surface area contributed by atoms with Crippen molar-refractivity contribution in [2.75, 3.05) is 12.3 Å². The average molecular weight is 248 g/mol. The third-order valence-electron chi connectivity index (χ3n) is 2.67. The first kappa shape index (κ1) is 14.1. The summed E-state index contributed by atoms with van der Waals surface area (Å²) in [6.07, 6.45) is 0.857. The number of aryl methyl sites for hydroxylation is 1. The highest BCUT2D eigenvalue weighted by Gasteiger charge is 2.21. The van der Waals surface area contributed by atoms with E-state index in [1.807, 2.05) is 25.6 Å². The first-order valence-electron chi connectivity index (χ1n) is 5.95. The van der Waals surface area contributed by atoms with E-state index < -0.39 is 5.54 Å². The van der Waals surface area contributed by atoms with Gasteiger partial charge in [0.1, 0.15) is 5.54 Å². The second-order valence-electron chi connectivity index (χ2n) is 4.39. The van der Waals surface area contributed by atoms with E-state index in [2.05, 4.69) is 42.6 Å². The van der Waals surface area contributed by atoms with Gasteiger partial charge in [-0.25, -0.2) is 0 Å². The van der Waals surface area contributed by atoms with Gasteiger partial charge in [-0.3, -0.25) is 5.32 Å². The number of nitriles is 1. The van der Waals surface area contributed by atoms with Gasteiger partial charge in [-0.2, -0.15) is 5.26 Å². The van der Waals surface area contributed by atoms with Gasteiger partial charge in [0.2, 0.25) is 0 Å². The van der Waals surface area contributed by atoms with Gasteiger partial charge >= 0.3 is 0 Å². The van der Waals surface area contributed by atoms with Gasteiger partial charge in [-0.05, 0) is 38.9 Å². The van der Waals surface area contributed by atoms with Crippen molar-refractivity contribution in [3.63, 3.8) is 0 Å². The van der Waals surface area contributed by atoms with Crippen LogP contribution in [0.25, 0.3) is 0 Å². The summed E-state index contributed by atoms with van der Waals surface area (Å²) in [5, 5.41) is 12.4. The van der Waals surface area contributed by atoms with E-state index in [-0.39, 0.29) is 0 Å². The van der Waals surface area contributed by atoms with Crippen LogP contribution in [0.5, 0.6) is 0 Å². The molecule has 1 rings (SSSR count). The Kier molecular flexibility index (Phi) is 5.54. The Labute approximate surface area is 108 Å². The van der Waals surface area contributed by atoms with Gasteiger partial charge in [-0.15, -0.1) is 11.8 Å². The van der Waals surface area contributed by atoms with Crippen molar-refractivity contribution in [2.24, 2.45) is 0 Å². The highest BCUT2D eigenvalue weighted by molar-refractivity contribution is 7.99. The van der Waals surface area contributed by atoms with Crippen molar-refractivity contribution in [1.29, 1.82) is 5.26 Å². The second kappa shape index (κ2) is 6.68. The number of benzene rings is 1. The van der Waals surface area contributed by atoms with E-state index in [0.29, 0.717) is 0 Å². The smallest absolute Gasteiger partial charge is 0.104 e. The molecule has 0 saturated heterocycles. The van der Waals surface area contributed by atoms with Gasteiger partial charge < -0.3 is 0 Å². The summed E-state index contributed by atoms with van der Waals surface area (Å²) in [6.45, 7) is 6.93. The van der Waals surface area contributed by atoms with Crippen LogP contribution < -0.4 is 5.32 Å². The molecule has 1 aromatic rings. The average Bonchev–Trinajstić information content (AvgIpc) is 2.29. The van der Waals surface area contributed by atoms with E-state index in [1.165, 1.54) is 10.5 Å². The highest BCUT2D eigenvalue weighted by atomic mass is 32.2. The minimum atomic E-state index is -0.397. The maximum atomic E-state index is 9.14. The molecule has 0 bridgehead atoms. The molecule has 0 spiro atoms. The third-order valence-corrected chi connectivity index (χ3v) is 3.67. The molecule has 0 radical (unpaired) electrons. The molecule has 0 aliphatic carbocycles. The van der Waals surface area contributed by atoms with Crippen LogP contribution in [0.4, 0.5) is 0 Å². The Bertz CT molecular complexity index is 397. The molecule has 92 valence electrons. The maximum absolute atomic E-state index is 9.14. The third kappa shape index (κ3) is 4.80. The van der Waals surface area contributed by atoms with Crippen molar-refractivity contribution in [2.45, 2.75) is 37.6 Å². The molecule has 0 amide bonds. The number of thioether (sulfide) groups is 1. The van der Waals surface area contributed by atoms with Gasteiger partial charge in [0, 0.05) is 10.6 Å². The lowest BCUT2D eigenvalue weighted by Crippen LogP contribution is -2.41. The Morgan fingerprint density at radius 3 is 2.82 bits per heavy atom. The fourth-order valence-electron chi connectivity index (χ4n) is 1.65. The quantitative estimate of drug-likeness (QED) is 0.784. The van der Waals surface area contributed by atoms with Crippen molar-refractivity contribution in [1.82, 2.24) is 5.32 Å². The fraction of sp³-hybridized carbons (Fsp3) is 0.500. The van der Waals surface area contributed by atoms with E-state index in [1.54, 1.807) is 0 Å². The summed E-state index contributed by atoms with van der Waals surface area (Å²) in [5.41, 5.74) is 0.885. The molecule has 0 saturated carbocycles. The van der Waals surface area contributed by atoms with Crippen LogP contribution in [0.15, 0.2) is 29.2 Å². The zero-order valence-corrected chi connectivity index (χ0v) is 11.6. The molecule has 1 aromatic carbocycles. The fourth-order valence-corrected chi connectivity index (χ4v) is 2.84. The van der Waals surface area contributed by atoms with Gasteiger partial charge in [0.25, 0.3) is 0 Å². The topological polar surface area (TPSA) is 35.8 Å². The van der Waals surface area contributed by atoms with Crippen LogP contribution >= 0.6 is 11.8 Å². The highest BCUT2D eigenvalue weighted by Crippen LogP contribution is 2.22. The van der Waals surface area contributed by atoms with Gasteiger partial charge in [0.15, 0.2) is 0 Å². The maximum Gasteiger partial charge on any atom is 0.104 e. The van der Waals surface area contributed by atoms with Gasteiger partial charge in [0.05, 0.1) is 6.07 Å². The molecule has 1 atom stereocenters. The van der Waals surface area contributed by atoms with Crippen LogP contribution in [0.2, 0.25) is 0 Å². The first-order valence-corrected chi connectivity index (χ1v) is 6.94. The molecule has 0 aromatic heterocycles. The lowest BCUT2D eigenvalue weighted by Gasteiger charge is -2.22. The van der Waals surface area contributed by atoms with Crippen LogP contribution in [-0.2, 0) is 0 Å². The van der Waals surface area contributed by atoms with Crippen molar-refractivity contribution in [3.05, 3.63) is 29.8 Å². The summed E-state index contributed by atoms with van der Waals surface area (Å²) in [6, 6.07) is 10.8. The molecule has 17 heavy (non-hydrogen) atoms. The Morgan fingerprint density at radius 2 is 2.24 bits per heavy atom. The zero-order chi connectivity index (χ0) is 12.7. The van der Waals surface area contributed by atoms with Crippen LogP contribution in [0.3, 0.4) is 0 Å². The monoisotopic (exact) mass is 248 g/mol. The lowest BCUT2D eigenvalue weighted by atomic mass is 10.0. The van der Waals surface area contributed by atoms with E-state index >= 15 is 0 Å². The zero-order valence-electron chi connectivity index (χ0n) is 10.8. The van der Waals surface area contributed by atoms with Crippen molar-refractivity contribution < 1.29 is 0 Å². The largest absolute Gasteiger partial charge is 0.300 e. The minimum absolute atomic E-state index is 0.397. The summed E-state index contributed by atoms with van der Waals surface area (Å²) in [7, 11) is 0. The molecule has 3 heteroatoms. The molecule has 0 heterocycles. The number of hydrogen-bond acceptors (Lipinski definition) is 3. The molecule has 1 unspecified atom stereocenters. The van der Waals surface area contributed by atoms with E-state index in [4.69, 9.17) is 5.26 Å². The predicted octanol–water partition coefficient (Wildman–Crippen LogP) is 3.37. The lowest BCUT2D eigenvalue weighted by molar-refractivity contribution is 0.450. The normalized spacial score (nSPS) is 14.0. The molecular formula is C14H20N2S. The van der Waals surface area contributed by atoms with Crippen molar-refractivity contribution >= 4 is 11.8 Å². The van der Waals surface area contributed by atoms with Gasteiger partial charge in [-0.1, -0.05) is 24.6 Å². The number of nitrogens with zero attached hydrogens (tertiary/aromatic N) is 1.